The highest BCUT2D eigenvalue weighted by molar-refractivity contribution is 5.15. The molecule has 0 aliphatic carbocycles. The van der Waals surface area contributed by atoms with E-state index in [0.717, 1.165) is 19.0 Å². The average molecular weight is 261 g/mol. The number of nitrogens with one attached hydrogen (secondary N) is 1. The van der Waals surface area contributed by atoms with Gasteiger partial charge in [-0.3, -0.25) is 0 Å². The summed E-state index contributed by atoms with van der Waals surface area (Å²) in [6.07, 6.45) is 5.04. The summed E-state index contributed by atoms with van der Waals surface area (Å²) >= 11 is 0. The standard InChI is InChI=1S/C18H31N/c1-5-13-19-15-17(11-12-18(2,3)4)14-16-9-7-6-8-10-16/h6-10,17,19H,5,11-15H2,1-4H3. The summed E-state index contributed by atoms with van der Waals surface area (Å²) < 4.78 is 0. The van der Waals surface area contributed by atoms with E-state index in [0.29, 0.717) is 5.41 Å². The van der Waals surface area contributed by atoms with Crippen molar-refractivity contribution in [1.29, 1.82) is 0 Å². The topological polar surface area (TPSA) is 12.0 Å². The molecule has 0 spiro atoms. The van der Waals surface area contributed by atoms with Crippen molar-refractivity contribution in [3.63, 3.8) is 0 Å². The molecule has 0 heterocycles. The molecule has 1 aromatic rings. The van der Waals surface area contributed by atoms with E-state index in [1.54, 1.807) is 0 Å². The first kappa shape index (κ1) is 16.2. The molecule has 0 saturated heterocycles. The Morgan fingerprint density at radius 1 is 1.11 bits per heavy atom. The second-order valence-corrected chi connectivity index (χ2v) is 6.86. The number of hydrogen-bond acceptors (Lipinski definition) is 1. The van der Waals surface area contributed by atoms with Crippen molar-refractivity contribution >= 4 is 0 Å². The molecular weight excluding hydrogens is 230 g/mol. The van der Waals surface area contributed by atoms with Crippen molar-refractivity contribution in [3.05, 3.63) is 35.9 Å². The molecule has 0 saturated carbocycles. The maximum atomic E-state index is 3.59. The minimum absolute atomic E-state index is 0.444. The van der Waals surface area contributed by atoms with Crippen molar-refractivity contribution in [1.82, 2.24) is 5.32 Å². The lowest BCUT2D eigenvalue weighted by Crippen LogP contribution is -2.26. The summed E-state index contributed by atoms with van der Waals surface area (Å²) in [4.78, 5) is 0. The van der Waals surface area contributed by atoms with Crippen LogP contribution in [0.3, 0.4) is 0 Å². The Kier molecular flexibility index (Phi) is 7.15. The Morgan fingerprint density at radius 3 is 2.37 bits per heavy atom. The monoisotopic (exact) mass is 261 g/mol. The molecule has 0 aliphatic rings. The second kappa shape index (κ2) is 8.37. The Balaban J connectivity index is 2.48. The van der Waals surface area contributed by atoms with Gasteiger partial charge in [0.15, 0.2) is 0 Å². The zero-order valence-electron chi connectivity index (χ0n) is 13.2. The van der Waals surface area contributed by atoms with E-state index in [1.165, 1.54) is 31.2 Å². The van der Waals surface area contributed by atoms with E-state index in [2.05, 4.69) is 63.3 Å². The van der Waals surface area contributed by atoms with Gasteiger partial charge in [0.05, 0.1) is 0 Å². The number of benzene rings is 1. The van der Waals surface area contributed by atoms with Crippen LogP contribution in [0.5, 0.6) is 0 Å². The van der Waals surface area contributed by atoms with Crippen LogP contribution in [0.2, 0.25) is 0 Å². The third-order valence-corrected chi connectivity index (χ3v) is 3.53. The Hall–Kier alpha value is -0.820. The fourth-order valence-corrected chi connectivity index (χ4v) is 2.34. The molecule has 0 bridgehead atoms. The second-order valence-electron chi connectivity index (χ2n) is 6.86. The van der Waals surface area contributed by atoms with E-state index in [-0.39, 0.29) is 0 Å². The first-order chi connectivity index (χ1) is 9.01. The normalized spacial score (nSPS) is 13.5. The van der Waals surface area contributed by atoms with Crippen molar-refractivity contribution < 1.29 is 0 Å². The van der Waals surface area contributed by atoms with Gasteiger partial charge in [-0.1, -0.05) is 58.0 Å². The van der Waals surface area contributed by atoms with Gasteiger partial charge < -0.3 is 5.32 Å². The van der Waals surface area contributed by atoms with Crippen molar-refractivity contribution in [3.8, 4) is 0 Å². The highest BCUT2D eigenvalue weighted by Gasteiger charge is 2.15. The smallest absolute Gasteiger partial charge is 0.00173 e. The highest BCUT2D eigenvalue weighted by Crippen LogP contribution is 2.25. The van der Waals surface area contributed by atoms with Crippen LogP contribution in [0.1, 0.15) is 52.5 Å². The van der Waals surface area contributed by atoms with Gasteiger partial charge in [0.25, 0.3) is 0 Å². The Labute approximate surface area is 119 Å². The molecule has 0 fully saturated rings. The number of rotatable bonds is 8. The largest absolute Gasteiger partial charge is 0.316 e. The molecule has 0 amide bonds. The molecule has 19 heavy (non-hydrogen) atoms. The molecule has 1 atom stereocenters. The lowest BCUT2D eigenvalue weighted by Gasteiger charge is -2.23. The quantitative estimate of drug-likeness (QED) is 0.670. The zero-order chi connectivity index (χ0) is 14.1. The van der Waals surface area contributed by atoms with Crippen LogP contribution < -0.4 is 5.32 Å². The molecule has 1 N–H and O–H groups in total. The molecule has 1 unspecified atom stereocenters. The summed E-state index contributed by atoms with van der Waals surface area (Å²) in [5.41, 5.74) is 1.92. The number of hydrogen-bond donors (Lipinski definition) is 1. The van der Waals surface area contributed by atoms with Crippen molar-refractivity contribution in [2.45, 2.75) is 53.4 Å². The lowest BCUT2D eigenvalue weighted by molar-refractivity contribution is 0.314. The molecule has 0 aliphatic heterocycles. The minimum atomic E-state index is 0.444. The van der Waals surface area contributed by atoms with Crippen LogP contribution in [0.4, 0.5) is 0 Å². The molecule has 0 aromatic heterocycles. The minimum Gasteiger partial charge on any atom is -0.316 e. The summed E-state index contributed by atoms with van der Waals surface area (Å²) in [5.74, 6) is 0.758. The van der Waals surface area contributed by atoms with Crippen LogP contribution in [0.15, 0.2) is 30.3 Å². The van der Waals surface area contributed by atoms with E-state index < -0.39 is 0 Å². The summed E-state index contributed by atoms with van der Waals surface area (Å²) in [7, 11) is 0. The predicted molar refractivity (Wildman–Crippen MR) is 85.5 cm³/mol. The third kappa shape index (κ3) is 8.05. The third-order valence-electron chi connectivity index (χ3n) is 3.53. The summed E-state index contributed by atoms with van der Waals surface area (Å²) in [5, 5.41) is 3.59. The predicted octanol–water partition coefficient (Wildman–Crippen LogP) is 4.67. The first-order valence-corrected chi connectivity index (χ1v) is 7.76. The van der Waals surface area contributed by atoms with Gasteiger partial charge in [0, 0.05) is 0 Å². The van der Waals surface area contributed by atoms with Crippen LogP contribution in [0.25, 0.3) is 0 Å². The Bertz CT molecular complexity index is 323. The van der Waals surface area contributed by atoms with Crippen LogP contribution >= 0.6 is 0 Å². The summed E-state index contributed by atoms with van der Waals surface area (Å²) in [6.45, 7) is 11.5. The Morgan fingerprint density at radius 2 is 1.79 bits per heavy atom. The fraction of sp³-hybridized carbons (Fsp3) is 0.667. The average Bonchev–Trinajstić information content (AvgIpc) is 2.36. The highest BCUT2D eigenvalue weighted by atomic mass is 14.8. The van der Waals surface area contributed by atoms with Crippen LogP contribution in [-0.4, -0.2) is 13.1 Å². The van der Waals surface area contributed by atoms with Gasteiger partial charge in [-0.15, -0.1) is 0 Å². The van der Waals surface area contributed by atoms with Crippen LogP contribution in [-0.2, 0) is 6.42 Å². The molecule has 1 rings (SSSR count). The van der Waals surface area contributed by atoms with E-state index in [9.17, 15) is 0 Å². The first-order valence-electron chi connectivity index (χ1n) is 7.76. The fourth-order valence-electron chi connectivity index (χ4n) is 2.34. The lowest BCUT2D eigenvalue weighted by atomic mass is 9.84. The molecular formula is C18H31N. The summed E-state index contributed by atoms with van der Waals surface area (Å²) in [6, 6.07) is 10.9. The zero-order valence-corrected chi connectivity index (χ0v) is 13.2. The molecule has 108 valence electrons. The van der Waals surface area contributed by atoms with Crippen LogP contribution in [0, 0.1) is 11.3 Å². The van der Waals surface area contributed by atoms with E-state index >= 15 is 0 Å². The van der Waals surface area contributed by atoms with Gasteiger partial charge in [0.2, 0.25) is 0 Å². The molecule has 1 aromatic carbocycles. The molecule has 1 heteroatoms. The van der Waals surface area contributed by atoms with Crippen molar-refractivity contribution in [2.75, 3.05) is 13.1 Å². The van der Waals surface area contributed by atoms with E-state index in [4.69, 9.17) is 0 Å². The maximum Gasteiger partial charge on any atom is -0.00173 e. The van der Waals surface area contributed by atoms with Crippen molar-refractivity contribution in [2.24, 2.45) is 11.3 Å². The molecule has 1 nitrogen and oxygen atoms in total. The van der Waals surface area contributed by atoms with Gasteiger partial charge in [-0.25, -0.2) is 0 Å². The molecule has 0 radical (unpaired) electrons. The van der Waals surface area contributed by atoms with Gasteiger partial charge in [-0.2, -0.15) is 0 Å². The SMILES string of the molecule is CCCNCC(CCC(C)(C)C)Cc1ccccc1. The maximum absolute atomic E-state index is 3.59. The van der Waals surface area contributed by atoms with Gasteiger partial charge in [-0.05, 0) is 55.7 Å². The van der Waals surface area contributed by atoms with Gasteiger partial charge >= 0.3 is 0 Å². The van der Waals surface area contributed by atoms with E-state index in [1.807, 2.05) is 0 Å². The van der Waals surface area contributed by atoms with Gasteiger partial charge in [0.1, 0.15) is 0 Å².